The van der Waals surface area contributed by atoms with Crippen molar-refractivity contribution in [3.8, 4) is 11.1 Å². The molecule has 2 N–H and O–H groups in total. The Morgan fingerprint density at radius 2 is 1.48 bits per heavy atom. The third kappa shape index (κ3) is 5.51. The molecule has 3 aliphatic rings. The van der Waals surface area contributed by atoms with Crippen LogP contribution >= 0.6 is 23.5 Å². The molecule has 1 unspecified atom stereocenters. The van der Waals surface area contributed by atoms with Crippen LogP contribution in [0.15, 0.2) is 83.3 Å². The van der Waals surface area contributed by atoms with E-state index >= 15 is 0 Å². The van der Waals surface area contributed by atoms with E-state index in [1.165, 1.54) is 17.8 Å². The number of ketones is 2. The molecule has 2 amide bonds. The molecule has 2 aliphatic carbocycles. The van der Waals surface area contributed by atoms with Crippen LogP contribution in [-0.4, -0.2) is 72.1 Å². The molecule has 0 spiro atoms. The van der Waals surface area contributed by atoms with Crippen LogP contribution in [0.5, 0.6) is 0 Å². The summed E-state index contributed by atoms with van der Waals surface area (Å²) < 4.78 is 11.1. The Balaban J connectivity index is 1.23. The van der Waals surface area contributed by atoms with E-state index in [0.29, 0.717) is 5.75 Å². The minimum atomic E-state index is -1.91. The average molecular weight is 657 g/mol. The number of fused-ring (bicyclic) bond motifs is 4. The second-order valence-corrected chi connectivity index (χ2v) is 13.1. The zero-order valence-corrected chi connectivity index (χ0v) is 26.9. The van der Waals surface area contributed by atoms with E-state index in [9.17, 15) is 24.0 Å². The lowest BCUT2D eigenvalue weighted by Gasteiger charge is -2.32. The van der Waals surface area contributed by atoms with E-state index in [-0.39, 0.29) is 58.7 Å². The maximum atomic E-state index is 13.9. The first-order valence-corrected chi connectivity index (χ1v) is 17.3. The van der Waals surface area contributed by atoms with Gasteiger partial charge in [0.1, 0.15) is 12.6 Å². The molecule has 11 heteroatoms. The summed E-state index contributed by atoms with van der Waals surface area (Å²) in [6.07, 6.45) is 1.31. The SMILES string of the molecule is CCOC(=O)C1(NC(=O)[C@H](CCSC)NC(=O)OCC2c3ccccc3-c3ccccc32)CSC2=C1C(=O)c1ccccc1C2=O. The van der Waals surface area contributed by atoms with Crippen molar-refractivity contribution in [3.05, 3.63) is 106 Å². The minimum Gasteiger partial charge on any atom is -0.464 e. The topological polar surface area (TPSA) is 128 Å². The number of thioether (sulfide) groups is 2. The maximum Gasteiger partial charge on any atom is 0.407 e. The van der Waals surface area contributed by atoms with Crippen LogP contribution in [0, 0.1) is 0 Å². The highest BCUT2D eigenvalue weighted by Gasteiger charge is 2.56. The Hall–Kier alpha value is -4.35. The van der Waals surface area contributed by atoms with Crippen molar-refractivity contribution in [2.24, 2.45) is 0 Å². The molecule has 3 aromatic rings. The Morgan fingerprint density at radius 1 is 0.891 bits per heavy atom. The monoisotopic (exact) mass is 656 g/mol. The van der Waals surface area contributed by atoms with Crippen LogP contribution in [0.25, 0.3) is 11.1 Å². The number of allylic oxidation sites excluding steroid dienone is 1. The third-order valence-corrected chi connectivity index (χ3v) is 10.4. The molecule has 0 bridgehead atoms. The smallest absolute Gasteiger partial charge is 0.407 e. The molecule has 1 heterocycles. The third-order valence-electron chi connectivity index (χ3n) is 8.46. The Morgan fingerprint density at radius 3 is 2.09 bits per heavy atom. The summed E-state index contributed by atoms with van der Waals surface area (Å²) >= 11 is 2.52. The van der Waals surface area contributed by atoms with Crippen LogP contribution in [0.2, 0.25) is 0 Å². The summed E-state index contributed by atoms with van der Waals surface area (Å²) in [5.41, 5.74) is 2.70. The van der Waals surface area contributed by atoms with Gasteiger partial charge in [-0.3, -0.25) is 14.4 Å². The number of Topliss-reactive ketones (excluding diaryl/α,β-unsaturated/α-hetero) is 2. The molecule has 9 nitrogen and oxygen atoms in total. The highest BCUT2D eigenvalue weighted by molar-refractivity contribution is 8.04. The van der Waals surface area contributed by atoms with Crippen molar-refractivity contribution < 1.29 is 33.4 Å². The van der Waals surface area contributed by atoms with Crippen LogP contribution in [0.3, 0.4) is 0 Å². The molecule has 46 heavy (non-hydrogen) atoms. The molecule has 0 fully saturated rings. The number of hydrogen-bond acceptors (Lipinski definition) is 9. The fraction of sp³-hybridized carbons (Fsp3) is 0.286. The molecule has 1 aliphatic heterocycles. The number of esters is 1. The van der Waals surface area contributed by atoms with Gasteiger partial charge in [0, 0.05) is 22.8 Å². The summed E-state index contributed by atoms with van der Waals surface area (Å²) in [7, 11) is 0. The normalized spacial score (nSPS) is 18.7. The summed E-state index contributed by atoms with van der Waals surface area (Å²) in [4.78, 5) is 68.0. The Kier molecular flexibility index (Phi) is 9.06. The van der Waals surface area contributed by atoms with Crippen molar-refractivity contribution in [2.45, 2.75) is 30.8 Å². The number of hydrogen-bond donors (Lipinski definition) is 2. The molecule has 6 rings (SSSR count). The quantitative estimate of drug-likeness (QED) is 0.285. The van der Waals surface area contributed by atoms with E-state index in [2.05, 4.69) is 10.6 Å². The van der Waals surface area contributed by atoms with Crippen molar-refractivity contribution in [3.63, 3.8) is 0 Å². The van der Waals surface area contributed by atoms with Crippen molar-refractivity contribution in [2.75, 3.05) is 31.0 Å². The predicted octanol–water partition coefficient (Wildman–Crippen LogP) is 5.15. The molecule has 0 aromatic heterocycles. The van der Waals surface area contributed by atoms with Gasteiger partial charge >= 0.3 is 12.1 Å². The molecule has 3 aromatic carbocycles. The van der Waals surface area contributed by atoms with Crippen LogP contribution in [-0.2, 0) is 19.1 Å². The fourth-order valence-corrected chi connectivity index (χ4v) is 8.10. The number of amides is 2. The van der Waals surface area contributed by atoms with Gasteiger partial charge in [-0.1, -0.05) is 72.8 Å². The number of benzene rings is 3. The van der Waals surface area contributed by atoms with Crippen LogP contribution < -0.4 is 10.6 Å². The van der Waals surface area contributed by atoms with Gasteiger partial charge in [-0.2, -0.15) is 11.8 Å². The van der Waals surface area contributed by atoms with E-state index in [1.807, 2.05) is 54.8 Å². The number of ether oxygens (including phenoxy) is 2. The van der Waals surface area contributed by atoms with E-state index < -0.39 is 35.3 Å². The summed E-state index contributed by atoms with van der Waals surface area (Å²) in [6.45, 7) is 1.68. The first-order chi connectivity index (χ1) is 22.3. The highest BCUT2D eigenvalue weighted by Crippen LogP contribution is 2.47. The lowest BCUT2D eigenvalue weighted by molar-refractivity contribution is -0.150. The van der Waals surface area contributed by atoms with Gasteiger partial charge in [-0.15, -0.1) is 11.8 Å². The largest absolute Gasteiger partial charge is 0.464 e. The van der Waals surface area contributed by atoms with Gasteiger partial charge in [0.15, 0.2) is 11.3 Å². The number of alkyl carbamates (subject to hydrolysis) is 1. The lowest BCUT2D eigenvalue weighted by Crippen LogP contribution is -2.62. The summed E-state index contributed by atoms with van der Waals surface area (Å²) in [5, 5.41) is 5.43. The fourth-order valence-electron chi connectivity index (χ4n) is 6.28. The zero-order chi connectivity index (χ0) is 32.4. The van der Waals surface area contributed by atoms with Gasteiger partial charge in [-0.05, 0) is 47.6 Å². The van der Waals surface area contributed by atoms with Gasteiger partial charge < -0.3 is 20.1 Å². The van der Waals surface area contributed by atoms with Gasteiger partial charge in [0.25, 0.3) is 0 Å². The second-order valence-electron chi connectivity index (χ2n) is 11.1. The second kappa shape index (κ2) is 13.2. The average Bonchev–Trinajstić information content (AvgIpc) is 3.61. The maximum absolute atomic E-state index is 13.9. The van der Waals surface area contributed by atoms with Gasteiger partial charge in [0.2, 0.25) is 11.7 Å². The zero-order valence-electron chi connectivity index (χ0n) is 25.3. The molecule has 0 radical (unpaired) electrons. The van der Waals surface area contributed by atoms with Gasteiger partial charge in [0.05, 0.1) is 17.1 Å². The molecule has 0 saturated carbocycles. The van der Waals surface area contributed by atoms with Crippen molar-refractivity contribution in [1.82, 2.24) is 10.6 Å². The minimum absolute atomic E-state index is 0.00361. The van der Waals surface area contributed by atoms with Gasteiger partial charge in [-0.25, -0.2) is 9.59 Å². The first kappa shape index (κ1) is 31.6. The molecular weight excluding hydrogens is 625 g/mol. The predicted molar refractivity (Wildman–Crippen MR) is 177 cm³/mol. The number of rotatable bonds is 10. The summed E-state index contributed by atoms with van der Waals surface area (Å²) in [6, 6.07) is 21.3. The molecule has 236 valence electrons. The molecule has 2 atom stereocenters. The van der Waals surface area contributed by atoms with Crippen LogP contribution in [0.1, 0.15) is 51.1 Å². The number of nitrogens with one attached hydrogen (secondary N) is 2. The van der Waals surface area contributed by atoms with Crippen molar-refractivity contribution >= 4 is 53.1 Å². The Labute approximate surface area is 274 Å². The van der Waals surface area contributed by atoms with E-state index in [1.54, 1.807) is 25.1 Å². The highest BCUT2D eigenvalue weighted by atomic mass is 32.2. The van der Waals surface area contributed by atoms with E-state index in [4.69, 9.17) is 9.47 Å². The standard InChI is InChI=1S/C35H32N2O7S2/c1-3-43-33(41)35(19-46-31-28(35)29(38)24-14-8-9-15-25(24)30(31)39)37-32(40)27(16-17-45-2)36-34(42)44-18-26-22-12-6-4-10-20(22)21-11-5-7-13-23(21)26/h4-15,26-27H,3,16-19H2,1-2H3,(H,36,42)(H,37,40)/t27-,35?/m0/s1. The lowest BCUT2D eigenvalue weighted by atomic mass is 9.79. The molecule has 0 saturated heterocycles. The first-order valence-electron chi connectivity index (χ1n) is 15.0. The van der Waals surface area contributed by atoms with Crippen LogP contribution in [0.4, 0.5) is 4.79 Å². The van der Waals surface area contributed by atoms with E-state index in [0.717, 1.165) is 34.0 Å². The van der Waals surface area contributed by atoms with Crippen molar-refractivity contribution in [1.29, 1.82) is 0 Å². The number of carbonyl (C=O) groups is 5. The summed E-state index contributed by atoms with van der Waals surface area (Å²) in [5.74, 6) is -2.19. The Bertz CT molecular complexity index is 1740. The number of carbonyl (C=O) groups excluding carboxylic acids is 5. The molecular formula is C35H32N2O7S2.